The Kier molecular flexibility index (Phi) is 6.08. The maximum Gasteiger partial charge on any atom is 0.271 e. The molecule has 2 N–H and O–H groups in total. The van der Waals surface area contributed by atoms with Crippen LogP contribution in [-0.2, 0) is 6.54 Å². The summed E-state index contributed by atoms with van der Waals surface area (Å²) in [7, 11) is 0. The Labute approximate surface area is 125 Å². The zero-order valence-corrected chi connectivity index (χ0v) is 13.2. The number of carbonyl (C=O) groups is 1. The Morgan fingerprint density at radius 1 is 1.48 bits per heavy atom. The topological polar surface area (TPSA) is 84.2 Å². The van der Waals surface area contributed by atoms with Crippen molar-refractivity contribution >= 4 is 5.91 Å². The van der Waals surface area contributed by atoms with E-state index in [1.807, 2.05) is 20.8 Å². The normalized spacial score (nSPS) is 14.0. The van der Waals surface area contributed by atoms with Crippen LogP contribution in [0, 0.1) is 5.92 Å². The molecule has 1 aromatic rings. The number of amides is 1. The Bertz CT molecular complexity index is 535. The maximum atomic E-state index is 12.1. The van der Waals surface area contributed by atoms with Crippen molar-refractivity contribution in [3.8, 4) is 0 Å². The minimum Gasteiger partial charge on any atom is -0.388 e. The van der Waals surface area contributed by atoms with Gasteiger partial charge in [-0.15, -0.1) is 0 Å². The fraction of sp³-hybridized carbons (Fsp3) is 0.667. The van der Waals surface area contributed by atoms with E-state index < -0.39 is 5.60 Å². The Hall–Kier alpha value is -1.69. The van der Waals surface area contributed by atoms with Gasteiger partial charge in [0.15, 0.2) is 0 Å². The van der Waals surface area contributed by atoms with Crippen molar-refractivity contribution in [2.24, 2.45) is 5.92 Å². The molecule has 0 radical (unpaired) electrons. The van der Waals surface area contributed by atoms with E-state index in [9.17, 15) is 14.7 Å². The highest BCUT2D eigenvalue weighted by atomic mass is 16.3. The lowest BCUT2D eigenvalue weighted by atomic mass is 9.92. The maximum absolute atomic E-state index is 12.1. The largest absolute Gasteiger partial charge is 0.388 e. The summed E-state index contributed by atoms with van der Waals surface area (Å²) in [5, 5.41) is 16.8. The molecule has 1 atom stereocenters. The van der Waals surface area contributed by atoms with Gasteiger partial charge in [-0.25, -0.2) is 4.68 Å². The molecule has 0 aliphatic rings. The number of hydrogen-bond donors (Lipinski definition) is 2. The van der Waals surface area contributed by atoms with E-state index in [-0.39, 0.29) is 29.6 Å². The van der Waals surface area contributed by atoms with Gasteiger partial charge in [-0.3, -0.25) is 9.59 Å². The average Bonchev–Trinajstić information content (AvgIpc) is 2.43. The predicted octanol–water partition coefficient (Wildman–Crippen LogP) is 1.18. The molecule has 1 aromatic heterocycles. The molecule has 0 bridgehead atoms. The highest BCUT2D eigenvalue weighted by Crippen LogP contribution is 2.14. The molecule has 0 saturated carbocycles. The minimum atomic E-state index is -0.980. The van der Waals surface area contributed by atoms with Crippen LogP contribution in [0.15, 0.2) is 16.9 Å². The Balaban J connectivity index is 2.77. The van der Waals surface area contributed by atoms with E-state index in [2.05, 4.69) is 10.4 Å². The van der Waals surface area contributed by atoms with Crippen molar-refractivity contribution < 1.29 is 9.90 Å². The summed E-state index contributed by atoms with van der Waals surface area (Å²) in [6, 6.07) is 2.75. The third kappa shape index (κ3) is 4.97. The molecule has 1 amide bonds. The van der Waals surface area contributed by atoms with Gasteiger partial charge in [0.1, 0.15) is 5.69 Å². The highest BCUT2D eigenvalue weighted by molar-refractivity contribution is 5.92. The van der Waals surface area contributed by atoms with Crippen LogP contribution in [0.25, 0.3) is 0 Å². The SMILES string of the molecule is CCCCn1nc(C(=O)NCC(C)(O)C(C)C)ccc1=O. The number of hydrogen-bond acceptors (Lipinski definition) is 4. The molecule has 6 heteroatoms. The van der Waals surface area contributed by atoms with E-state index in [4.69, 9.17) is 0 Å². The first-order valence-corrected chi connectivity index (χ1v) is 7.36. The zero-order valence-electron chi connectivity index (χ0n) is 13.2. The van der Waals surface area contributed by atoms with Crippen LogP contribution >= 0.6 is 0 Å². The van der Waals surface area contributed by atoms with Gasteiger partial charge >= 0.3 is 0 Å². The third-order valence-corrected chi connectivity index (χ3v) is 3.67. The first-order chi connectivity index (χ1) is 9.77. The number of aromatic nitrogens is 2. The number of unbranched alkanes of at least 4 members (excludes halogenated alkanes) is 1. The molecular formula is C15H25N3O3. The fourth-order valence-corrected chi connectivity index (χ4v) is 1.59. The van der Waals surface area contributed by atoms with Crippen molar-refractivity contribution in [3.63, 3.8) is 0 Å². The molecule has 1 heterocycles. The van der Waals surface area contributed by atoms with Crippen LogP contribution in [0.4, 0.5) is 0 Å². The number of rotatable bonds is 7. The molecule has 0 aromatic carbocycles. The van der Waals surface area contributed by atoms with Crippen molar-refractivity contribution in [2.45, 2.75) is 52.7 Å². The van der Waals surface area contributed by atoms with E-state index in [0.717, 1.165) is 12.8 Å². The minimum absolute atomic E-state index is 0.0178. The summed E-state index contributed by atoms with van der Waals surface area (Å²) < 4.78 is 1.30. The van der Waals surface area contributed by atoms with Crippen molar-refractivity contribution in [3.05, 3.63) is 28.2 Å². The monoisotopic (exact) mass is 295 g/mol. The Morgan fingerprint density at radius 3 is 2.71 bits per heavy atom. The summed E-state index contributed by atoms with van der Waals surface area (Å²) in [6.07, 6.45) is 1.78. The molecule has 0 aliphatic carbocycles. The van der Waals surface area contributed by atoms with E-state index in [0.29, 0.717) is 6.54 Å². The van der Waals surface area contributed by atoms with Gasteiger partial charge < -0.3 is 10.4 Å². The van der Waals surface area contributed by atoms with Crippen LogP contribution in [0.2, 0.25) is 0 Å². The highest BCUT2D eigenvalue weighted by Gasteiger charge is 2.25. The number of nitrogens with zero attached hydrogens (tertiary/aromatic N) is 2. The first kappa shape index (κ1) is 17.4. The second kappa shape index (κ2) is 7.36. The predicted molar refractivity (Wildman–Crippen MR) is 81.2 cm³/mol. The second-order valence-electron chi connectivity index (χ2n) is 5.83. The van der Waals surface area contributed by atoms with Gasteiger partial charge in [0.05, 0.1) is 5.60 Å². The van der Waals surface area contributed by atoms with Crippen molar-refractivity contribution in [1.29, 1.82) is 0 Å². The Morgan fingerprint density at radius 2 is 2.14 bits per heavy atom. The lowest BCUT2D eigenvalue weighted by Gasteiger charge is -2.27. The lowest BCUT2D eigenvalue weighted by Crippen LogP contribution is -2.44. The molecule has 0 aliphatic heterocycles. The van der Waals surface area contributed by atoms with E-state index >= 15 is 0 Å². The number of carbonyl (C=O) groups excluding carboxylic acids is 1. The van der Waals surface area contributed by atoms with Crippen LogP contribution in [0.3, 0.4) is 0 Å². The van der Waals surface area contributed by atoms with Crippen molar-refractivity contribution in [2.75, 3.05) is 6.54 Å². The van der Waals surface area contributed by atoms with Gasteiger partial charge in [0.25, 0.3) is 11.5 Å². The smallest absolute Gasteiger partial charge is 0.271 e. The third-order valence-electron chi connectivity index (χ3n) is 3.67. The lowest BCUT2D eigenvalue weighted by molar-refractivity contribution is 0.0141. The number of aliphatic hydroxyl groups is 1. The van der Waals surface area contributed by atoms with Gasteiger partial charge in [-0.2, -0.15) is 5.10 Å². The first-order valence-electron chi connectivity index (χ1n) is 7.36. The summed E-state index contributed by atoms with van der Waals surface area (Å²) in [6.45, 7) is 8.10. The molecular weight excluding hydrogens is 270 g/mol. The van der Waals surface area contributed by atoms with Crippen LogP contribution in [0.1, 0.15) is 51.0 Å². The van der Waals surface area contributed by atoms with Crippen molar-refractivity contribution in [1.82, 2.24) is 15.1 Å². The van der Waals surface area contributed by atoms with Crippen LogP contribution in [0.5, 0.6) is 0 Å². The summed E-state index contributed by atoms with van der Waals surface area (Å²) in [5.41, 5.74) is -1.01. The van der Waals surface area contributed by atoms with Gasteiger partial charge in [0.2, 0.25) is 0 Å². The standard InChI is InChI=1S/C15H25N3O3/c1-5-6-9-18-13(19)8-7-12(17-18)14(20)16-10-15(4,21)11(2)3/h7-8,11,21H,5-6,9-10H2,1-4H3,(H,16,20). The molecule has 1 rings (SSSR count). The van der Waals surface area contributed by atoms with Gasteiger partial charge in [-0.05, 0) is 25.3 Å². The zero-order chi connectivity index (χ0) is 16.0. The molecule has 1 unspecified atom stereocenters. The summed E-state index contributed by atoms with van der Waals surface area (Å²) in [4.78, 5) is 23.7. The molecule has 0 spiro atoms. The van der Waals surface area contributed by atoms with Crippen LogP contribution < -0.4 is 10.9 Å². The van der Waals surface area contributed by atoms with Gasteiger partial charge in [-0.1, -0.05) is 27.2 Å². The molecule has 0 fully saturated rings. The molecule has 21 heavy (non-hydrogen) atoms. The second-order valence-corrected chi connectivity index (χ2v) is 5.83. The quantitative estimate of drug-likeness (QED) is 0.791. The van der Waals surface area contributed by atoms with Crippen LogP contribution in [-0.4, -0.2) is 32.9 Å². The molecule has 0 saturated heterocycles. The fourth-order valence-electron chi connectivity index (χ4n) is 1.59. The van der Waals surface area contributed by atoms with E-state index in [1.54, 1.807) is 6.92 Å². The molecule has 118 valence electrons. The molecule has 6 nitrogen and oxygen atoms in total. The summed E-state index contributed by atoms with van der Waals surface area (Å²) in [5.74, 6) is -0.370. The van der Waals surface area contributed by atoms with E-state index in [1.165, 1.54) is 16.8 Å². The summed E-state index contributed by atoms with van der Waals surface area (Å²) >= 11 is 0. The number of nitrogens with one attached hydrogen (secondary N) is 1. The van der Waals surface area contributed by atoms with Gasteiger partial charge in [0, 0.05) is 19.2 Å². The average molecular weight is 295 g/mol. The number of aryl methyl sites for hydroxylation is 1.